The van der Waals surface area contributed by atoms with Crippen molar-refractivity contribution < 1.29 is 18.0 Å². The molecule has 0 saturated heterocycles. The molecule has 0 aliphatic rings. The van der Waals surface area contributed by atoms with Crippen LogP contribution in [0.4, 0.5) is 13.2 Å². The maximum atomic E-state index is 12.7. The molecular formula is C25H22F3N3O2. The first-order valence-electron chi connectivity index (χ1n) is 10.6. The van der Waals surface area contributed by atoms with Crippen molar-refractivity contribution in [1.82, 2.24) is 14.0 Å². The molecule has 2 heterocycles. The van der Waals surface area contributed by atoms with E-state index in [1.165, 1.54) is 12.1 Å². The van der Waals surface area contributed by atoms with Crippen LogP contribution < -0.4 is 5.56 Å². The molecule has 2 aromatic heterocycles. The number of hydrogen-bond donors (Lipinski definition) is 0. The van der Waals surface area contributed by atoms with Gasteiger partial charge < -0.3 is 4.57 Å². The van der Waals surface area contributed by atoms with Crippen molar-refractivity contribution in [3.8, 4) is 0 Å². The molecule has 0 radical (unpaired) electrons. The van der Waals surface area contributed by atoms with Gasteiger partial charge in [0.2, 0.25) is 5.78 Å². The van der Waals surface area contributed by atoms with Crippen molar-refractivity contribution in [3.05, 3.63) is 105 Å². The lowest BCUT2D eigenvalue weighted by Gasteiger charge is -2.09. The molecule has 0 saturated carbocycles. The Morgan fingerprint density at radius 1 is 0.909 bits per heavy atom. The third kappa shape index (κ3) is 4.33. The molecule has 0 N–H and O–H groups in total. The Balaban J connectivity index is 1.57. The molecule has 0 bridgehead atoms. The molecule has 0 aliphatic carbocycles. The summed E-state index contributed by atoms with van der Waals surface area (Å²) in [7, 11) is 0. The molecule has 0 amide bonds. The SMILES string of the molecule is CCc1nc2n(Cc3ccc(C(=O)c4ccc(C(F)(F)F)cc4)cc3)ccn2c(=O)c1CC. The second-order valence-electron chi connectivity index (χ2n) is 7.75. The Labute approximate surface area is 188 Å². The first kappa shape index (κ1) is 22.5. The Morgan fingerprint density at radius 2 is 1.52 bits per heavy atom. The summed E-state index contributed by atoms with van der Waals surface area (Å²) in [6, 6.07) is 11.0. The average Bonchev–Trinajstić information content (AvgIpc) is 3.21. The zero-order chi connectivity index (χ0) is 23.8. The van der Waals surface area contributed by atoms with Gasteiger partial charge >= 0.3 is 6.18 Å². The predicted molar refractivity (Wildman–Crippen MR) is 119 cm³/mol. The van der Waals surface area contributed by atoms with E-state index in [1.54, 1.807) is 41.1 Å². The number of aromatic nitrogens is 3. The number of rotatable bonds is 6. The number of aryl methyl sites for hydroxylation is 1. The summed E-state index contributed by atoms with van der Waals surface area (Å²) in [5.41, 5.74) is 2.12. The summed E-state index contributed by atoms with van der Waals surface area (Å²) in [4.78, 5) is 30.1. The minimum atomic E-state index is -4.44. The zero-order valence-electron chi connectivity index (χ0n) is 18.2. The molecule has 8 heteroatoms. The summed E-state index contributed by atoms with van der Waals surface area (Å²) >= 11 is 0. The highest BCUT2D eigenvalue weighted by Crippen LogP contribution is 2.29. The van der Waals surface area contributed by atoms with E-state index in [1.807, 2.05) is 18.4 Å². The van der Waals surface area contributed by atoms with Gasteiger partial charge in [0, 0.05) is 29.1 Å². The van der Waals surface area contributed by atoms with Gasteiger partial charge in [-0.3, -0.25) is 14.0 Å². The number of imidazole rings is 1. The van der Waals surface area contributed by atoms with Crippen LogP contribution in [-0.4, -0.2) is 19.7 Å². The second-order valence-corrected chi connectivity index (χ2v) is 7.75. The van der Waals surface area contributed by atoms with Gasteiger partial charge in [0.25, 0.3) is 5.56 Å². The summed E-state index contributed by atoms with van der Waals surface area (Å²) in [5.74, 6) is 0.202. The highest BCUT2D eigenvalue weighted by molar-refractivity contribution is 6.09. The molecule has 2 aromatic carbocycles. The van der Waals surface area contributed by atoms with Crippen molar-refractivity contribution in [2.24, 2.45) is 0 Å². The Hall–Kier alpha value is -3.68. The third-order valence-electron chi connectivity index (χ3n) is 5.66. The van der Waals surface area contributed by atoms with E-state index in [9.17, 15) is 22.8 Å². The molecule has 0 spiro atoms. The molecule has 5 nitrogen and oxygen atoms in total. The number of nitrogens with zero attached hydrogens (tertiary/aromatic N) is 3. The maximum Gasteiger partial charge on any atom is 0.416 e. The molecule has 0 fully saturated rings. The molecule has 0 atom stereocenters. The van der Waals surface area contributed by atoms with Gasteiger partial charge in [0.05, 0.1) is 17.8 Å². The fraction of sp³-hybridized carbons (Fsp3) is 0.240. The second kappa shape index (κ2) is 8.69. The molecule has 0 aliphatic heterocycles. The smallest absolute Gasteiger partial charge is 0.312 e. The van der Waals surface area contributed by atoms with Gasteiger partial charge in [-0.2, -0.15) is 13.2 Å². The Morgan fingerprint density at radius 3 is 2.06 bits per heavy atom. The summed E-state index contributed by atoms with van der Waals surface area (Å²) < 4.78 is 41.6. The Kier molecular flexibility index (Phi) is 5.93. The number of benzene rings is 2. The van der Waals surface area contributed by atoms with Crippen molar-refractivity contribution >= 4 is 11.6 Å². The summed E-state index contributed by atoms with van der Waals surface area (Å²) in [6.07, 6.45) is 0.343. The molecule has 4 rings (SSSR count). The number of ketones is 1. The average molecular weight is 453 g/mol. The van der Waals surface area contributed by atoms with Gasteiger partial charge in [-0.05, 0) is 30.5 Å². The molecular weight excluding hydrogens is 431 g/mol. The lowest BCUT2D eigenvalue weighted by molar-refractivity contribution is -0.137. The van der Waals surface area contributed by atoms with E-state index >= 15 is 0 Å². The largest absolute Gasteiger partial charge is 0.416 e. The van der Waals surface area contributed by atoms with Crippen molar-refractivity contribution in [3.63, 3.8) is 0 Å². The summed E-state index contributed by atoms with van der Waals surface area (Å²) in [6.45, 7) is 4.36. The quantitative estimate of drug-likeness (QED) is 0.390. The van der Waals surface area contributed by atoms with Gasteiger partial charge in [0.15, 0.2) is 5.78 Å². The number of fused-ring (bicyclic) bond motifs is 1. The predicted octanol–water partition coefficient (Wildman–Crippen LogP) is 4.92. The maximum absolute atomic E-state index is 12.7. The van der Waals surface area contributed by atoms with Crippen molar-refractivity contribution in [1.29, 1.82) is 0 Å². The van der Waals surface area contributed by atoms with Crippen LogP contribution in [0.2, 0.25) is 0 Å². The van der Waals surface area contributed by atoms with Crippen LogP contribution >= 0.6 is 0 Å². The van der Waals surface area contributed by atoms with E-state index in [0.29, 0.717) is 30.7 Å². The van der Waals surface area contributed by atoms with Crippen LogP contribution in [0, 0.1) is 0 Å². The normalized spacial score (nSPS) is 11.8. The molecule has 33 heavy (non-hydrogen) atoms. The minimum Gasteiger partial charge on any atom is -0.312 e. The van der Waals surface area contributed by atoms with Crippen molar-refractivity contribution in [2.75, 3.05) is 0 Å². The van der Waals surface area contributed by atoms with Crippen LogP contribution in [0.15, 0.2) is 65.7 Å². The van der Waals surface area contributed by atoms with E-state index < -0.39 is 11.7 Å². The molecule has 170 valence electrons. The van der Waals surface area contributed by atoms with Gasteiger partial charge in [0.1, 0.15) is 0 Å². The van der Waals surface area contributed by atoms with E-state index in [2.05, 4.69) is 4.98 Å². The number of carbonyl (C=O) groups excluding carboxylic acids is 1. The fourth-order valence-electron chi connectivity index (χ4n) is 3.86. The standard InChI is InChI=1S/C25H22F3N3O2/c1-3-20-21(4-2)29-24-30(13-14-31(24)23(20)33)15-16-5-7-17(8-6-16)22(32)18-9-11-19(12-10-18)25(26,27)28/h5-14H,3-4,15H2,1-2H3. The van der Waals surface area contributed by atoms with Crippen LogP contribution in [0.1, 0.15) is 52.2 Å². The number of halogens is 3. The van der Waals surface area contributed by atoms with Gasteiger partial charge in [-0.15, -0.1) is 0 Å². The van der Waals surface area contributed by atoms with Crippen LogP contribution in [0.3, 0.4) is 0 Å². The number of hydrogen-bond acceptors (Lipinski definition) is 3. The first-order chi connectivity index (χ1) is 15.7. The van der Waals surface area contributed by atoms with Crippen LogP contribution in [0.5, 0.6) is 0 Å². The molecule has 0 unspecified atom stereocenters. The lowest BCUT2D eigenvalue weighted by atomic mass is 10.0. The number of alkyl halides is 3. The molecule has 4 aromatic rings. The van der Waals surface area contributed by atoms with E-state index in [4.69, 9.17) is 0 Å². The summed E-state index contributed by atoms with van der Waals surface area (Å²) in [5, 5.41) is 0. The van der Waals surface area contributed by atoms with Gasteiger partial charge in [-0.25, -0.2) is 4.98 Å². The zero-order valence-corrected chi connectivity index (χ0v) is 18.2. The topological polar surface area (TPSA) is 56.4 Å². The first-order valence-corrected chi connectivity index (χ1v) is 10.6. The van der Waals surface area contributed by atoms with Crippen molar-refractivity contribution in [2.45, 2.75) is 39.4 Å². The van der Waals surface area contributed by atoms with Gasteiger partial charge in [-0.1, -0.05) is 50.2 Å². The van der Waals surface area contributed by atoms with E-state index in [-0.39, 0.29) is 16.9 Å². The minimum absolute atomic E-state index is 0.0596. The third-order valence-corrected chi connectivity index (χ3v) is 5.66. The fourth-order valence-corrected chi connectivity index (χ4v) is 3.86. The number of carbonyl (C=O) groups is 1. The highest BCUT2D eigenvalue weighted by Gasteiger charge is 2.30. The van der Waals surface area contributed by atoms with Crippen LogP contribution in [0.25, 0.3) is 5.78 Å². The highest BCUT2D eigenvalue weighted by atomic mass is 19.4. The monoisotopic (exact) mass is 453 g/mol. The Bertz CT molecular complexity index is 1370. The lowest BCUT2D eigenvalue weighted by Crippen LogP contribution is -2.22. The van der Waals surface area contributed by atoms with E-state index in [0.717, 1.165) is 29.0 Å². The van der Waals surface area contributed by atoms with Crippen LogP contribution in [-0.2, 0) is 25.6 Å².